The summed E-state index contributed by atoms with van der Waals surface area (Å²) in [6.07, 6.45) is 3.18. The molecule has 2 heterocycles. The summed E-state index contributed by atoms with van der Waals surface area (Å²) in [6.45, 7) is 1.78. The van der Waals surface area contributed by atoms with Gasteiger partial charge in [-0.3, -0.25) is 4.79 Å². The largest absolute Gasteiger partial charge is 0.302 e. The molecule has 1 aromatic rings. The normalized spacial score (nSPS) is 16.7. The number of fused-ring (bicyclic) bond motifs is 1. The zero-order valence-electron chi connectivity index (χ0n) is 7.53. The maximum absolute atomic E-state index is 10.7. The summed E-state index contributed by atoms with van der Waals surface area (Å²) in [4.78, 5) is 20.9. The summed E-state index contributed by atoms with van der Waals surface area (Å²) in [5, 5.41) is 0. The fourth-order valence-electron chi connectivity index (χ4n) is 1.60. The van der Waals surface area contributed by atoms with E-state index in [9.17, 15) is 4.79 Å². The van der Waals surface area contributed by atoms with Crippen molar-refractivity contribution in [3.05, 3.63) is 23.3 Å². The standard InChI is InChI=1S/C9H11N3O/c1-12-3-2-8-7(4-12)9(5-13)11-6-10-8/h5-6H,2-4H2,1H3. The van der Waals surface area contributed by atoms with Gasteiger partial charge in [-0.25, -0.2) is 9.97 Å². The van der Waals surface area contributed by atoms with Crippen molar-refractivity contribution in [1.29, 1.82) is 0 Å². The molecule has 0 unspecified atom stereocenters. The molecule has 4 nitrogen and oxygen atoms in total. The molecular formula is C9H11N3O. The Bertz CT molecular complexity index is 338. The zero-order chi connectivity index (χ0) is 9.26. The SMILES string of the molecule is CN1CCc2ncnc(C=O)c2C1. The maximum Gasteiger partial charge on any atom is 0.168 e. The van der Waals surface area contributed by atoms with Crippen molar-refractivity contribution in [1.82, 2.24) is 14.9 Å². The van der Waals surface area contributed by atoms with Crippen LogP contribution < -0.4 is 0 Å². The third-order valence-corrected chi connectivity index (χ3v) is 2.34. The molecule has 0 aromatic carbocycles. The van der Waals surface area contributed by atoms with Gasteiger partial charge in [-0.1, -0.05) is 0 Å². The van der Waals surface area contributed by atoms with Crippen molar-refractivity contribution in [2.75, 3.05) is 13.6 Å². The molecule has 0 atom stereocenters. The number of carbonyl (C=O) groups is 1. The van der Waals surface area contributed by atoms with Crippen molar-refractivity contribution in [3.63, 3.8) is 0 Å². The number of aldehydes is 1. The summed E-state index contributed by atoms with van der Waals surface area (Å²) >= 11 is 0. The lowest BCUT2D eigenvalue weighted by Crippen LogP contribution is -2.28. The fourth-order valence-corrected chi connectivity index (χ4v) is 1.60. The Morgan fingerprint density at radius 1 is 1.54 bits per heavy atom. The Morgan fingerprint density at radius 2 is 2.38 bits per heavy atom. The minimum atomic E-state index is 0.538. The minimum Gasteiger partial charge on any atom is -0.302 e. The smallest absolute Gasteiger partial charge is 0.168 e. The summed E-state index contributed by atoms with van der Waals surface area (Å²) < 4.78 is 0. The van der Waals surface area contributed by atoms with Crippen molar-refractivity contribution in [3.8, 4) is 0 Å². The first-order valence-corrected chi connectivity index (χ1v) is 4.27. The molecule has 1 aromatic heterocycles. The predicted molar refractivity (Wildman–Crippen MR) is 47.5 cm³/mol. The average molecular weight is 177 g/mol. The molecule has 0 radical (unpaired) electrons. The van der Waals surface area contributed by atoms with Crippen LogP contribution in [0.3, 0.4) is 0 Å². The van der Waals surface area contributed by atoms with E-state index in [1.54, 1.807) is 0 Å². The van der Waals surface area contributed by atoms with Crippen LogP contribution in [-0.2, 0) is 13.0 Å². The van der Waals surface area contributed by atoms with Crippen LogP contribution in [0.15, 0.2) is 6.33 Å². The highest BCUT2D eigenvalue weighted by Crippen LogP contribution is 2.16. The predicted octanol–water partition coefficient (Wildman–Crippen LogP) is 0.277. The van der Waals surface area contributed by atoms with E-state index >= 15 is 0 Å². The van der Waals surface area contributed by atoms with Gasteiger partial charge in [-0.05, 0) is 7.05 Å². The molecule has 68 valence electrons. The van der Waals surface area contributed by atoms with E-state index < -0.39 is 0 Å². The maximum atomic E-state index is 10.7. The highest BCUT2D eigenvalue weighted by atomic mass is 16.1. The minimum absolute atomic E-state index is 0.538. The molecule has 0 fully saturated rings. The second-order valence-corrected chi connectivity index (χ2v) is 3.29. The summed E-state index contributed by atoms with van der Waals surface area (Å²) in [6, 6.07) is 0. The molecule has 13 heavy (non-hydrogen) atoms. The number of likely N-dealkylation sites (N-methyl/N-ethyl adjacent to an activating group) is 1. The van der Waals surface area contributed by atoms with E-state index in [0.29, 0.717) is 5.69 Å². The molecular weight excluding hydrogens is 166 g/mol. The highest BCUT2D eigenvalue weighted by Gasteiger charge is 2.17. The monoisotopic (exact) mass is 177 g/mol. The van der Waals surface area contributed by atoms with Crippen molar-refractivity contribution >= 4 is 6.29 Å². The lowest BCUT2D eigenvalue weighted by Gasteiger charge is -2.24. The Balaban J connectivity index is 2.46. The number of aromatic nitrogens is 2. The lowest BCUT2D eigenvalue weighted by atomic mass is 10.1. The number of rotatable bonds is 1. The fraction of sp³-hybridized carbons (Fsp3) is 0.444. The van der Waals surface area contributed by atoms with Gasteiger partial charge < -0.3 is 4.90 Å². The van der Waals surface area contributed by atoms with Crippen molar-refractivity contribution in [2.45, 2.75) is 13.0 Å². The zero-order valence-corrected chi connectivity index (χ0v) is 7.53. The van der Waals surface area contributed by atoms with E-state index in [0.717, 1.165) is 37.1 Å². The summed E-state index contributed by atoms with van der Waals surface area (Å²) in [5.74, 6) is 0. The first-order chi connectivity index (χ1) is 6.31. The van der Waals surface area contributed by atoms with E-state index in [2.05, 4.69) is 14.9 Å². The molecule has 4 heteroatoms. The average Bonchev–Trinajstić information content (AvgIpc) is 2.17. The molecule has 0 saturated heterocycles. The van der Waals surface area contributed by atoms with Crippen LogP contribution in [0, 0.1) is 0 Å². The van der Waals surface area contributed by atoms with Gasteiger partial charge in [0.05, 0.1) is 5.69 Å². The van der Waals surface area contributed by atoms with Gasteiger partial charge >= 0.3 is 0 Å². The second kappa shape index (κ2) is 3.22. The topological polar surface area (TPSA) is 46.1 Å². The van der Waals surface area contributed by atoms with E-state index in [4.69, 9.17) is 0 Å². The van der Waals surface area contributed by atoms with Crippen LogP contribution in [0.5, 0.6) is 0 Å². The number of hydrogen-bond acceptors (Lipinski definition) is 4. The third-order valence-electron chi connectivity index (χ3n) is 2.34. The van der Waals surface area contributed by atoms with Crippen molar-refractivity contribution < 1.29 is 4.79 Å². The number of carbonyl (C=O) groups excluding carboxylic acids is 1. The second-order valence-electron chi connectivity index (χ2n) is 3.29. The Hall–Kier alpha value is -1.29. The number of nitrogens with zero attached hydrogens (tertiary/aromatic N) is 3. The molecule has 0 spiro atoms. The molecule has 1 aliphatic heterocycles. The van der Waals surface area contributed by atoms with E-state index in [-0.39, 0.29) is 0 Å². The van der Waals surface area contributed by atoms with E-state index in [1.807, 2.05) is 7.05 Å². The van der Waals surface area contributed by atoms with Crippen LogP contribution in [0.1, 0.15) is 21.7 Å². The molecule has 2 rings (SSSR count). The van der Waals surface area contributed by atoms with Crippen molar-refractivity contribution in [2.24, 2.45) is 0 Å². The molecule has 0 saturated carbocycles. The first-order valence-electron chi connectivity index (χ1n) is 4.27. The molecule has 0 amide bonds. The lowest BCUT2D eigenvalue weighted by molar-refractivity contribution is 0.111. The van der Waals surface area contributed by atoms with Gasteiger partial charge in [0.15, 0.2) is 6.29 Å². The quantitative estimate of drug-likeness (QED) is 0.578. The van der Waals surface area contributed by atoms with Gasteiger partial charge in [0.1, 0.15) is 12.0 Å². The number of hydrogen-bond donors (Lipinski definition) is 0. The van der Waals surface area contributed by atoms with Gasteiger partial charge in [0.25, 0.3) is 0 Å². The summed E-state index contributed by atoms with van der Waals surface area (Å²) in [5.41, 5.74) is 2.55. The molecule has 0 bridgehead atoms. The van der Waals surface area contributed by atoms with Gasteiger partial charge in [-0.2, -0.15) is 0 Å². The van der Waals surface area contributed by atoms with Gasteiger partial charge in [-0.15, -0.1) is 0 Å². The Labute approximate surface area is 76.6 Å². The third kappa shape index (κ3) is 1.45. The highest BCUT2D eigenvalue weighted by molar-refractivity contribution is 5.74. The van der Waals surface area contributed by atoms with Gasteiger partial charge in [0.2, 0.25) is 0 Å². The Kier molecular flexibility index (Phi) is 2.06. The molecule has 0 aliphatic carbocycles. The Morgan fingerprint density at radius 3 is 3.15 bits per heavy atom. The van der Waals surface area contributed by atoms with E-state index in [1.165, 1.54) is 6.33 Å². The first kappa shape index (κ1) is 8.31. The van der Waals surface area contributed by atoms with Crippen LogP contribution in [0.25, 0.3) is 0 Å². The molecule has 0 N–H and O–H groups in total. The van der Waals surface area contributed by atoms with Gasteiger partial charge in [0, 0.05) is 25.1 Å². The van der Waals surface area contributed by atoms with Crippen LogP contribution in [0.2, 0.25) is 0 Å². The molecule has 1 aliphatic rings. The summed E-state index contributed by atoms with van der Waals surface area (Å²) in [7, 11) is 2.03. The van der Waals surface area contributed by atoms with Crippen LogP contribution in [0.4, 0.5) is 0 Å². The van der Waals surface area contributed by atoms with Crippen LogP contribution in [-0.4, -0.2) is 34.7 Å². The van der Waals surface area contributed by atoms with Crippen LogP contribution >= 0.6 is 0 Å².